The van der Waals surface area contributed by atoms with Gasteiger partial charge in [-0.3, -0.25) is 4.79 Å². The molecule has 0 aromatic carbocycles. The molecule has 1 rings (SSSR count). The Bertz CT molecular complexity index is 337. The van der Waals surface area contributed by atoms with E-state index in [1.54, 1.807) is 12.4 Å². The maximum Gasteiger partial charge on any atom is 0.293 e. The van der Waals surface area contributed by atoms with Crippen LogP contribution in [-0.4, -0.2) is 15.9 Å². The van der Waals surface area contributed by atoms with Gasteiger partial charge in [-0.25, -0.2) is 9.97 Å². The summed E-state index contributed by atoms with van der Waals surface area (Å²) in [7, 11) is 0. The zero-order valence-corrected chi connectivity index (χ0v) is 7.03. The van der Waals surface area contributed by atoms with E-state index in [1.165, 1.54) is 6.33 Å². The van der Waals surface area contributed by atoms with E-state index in [-0.39, 0.29) is 0 Å². The fourth-order valence-electron chi connectivity index (χ4n) is 0.816. The van der Waals surface area contributed by atoms with Crippen molar-refractivity contribution < 1.29 is 4.79 Å². The van der Waals surface area contributed by atoms with Gasteiger partial charge in [-0.1, -0.05) is 5.92 Å². The van der Waals surface area contributed by atoms with Crippen molar-refractivity contribution in [3.05, 3.63) is 24.3 Å². The normalized spacial score (nSPS) is 8.62. The average molecular weight is 175 g/mol. The van der Waals surface area contributed by atoms with Crippen LogP contribution in [0.1, 0.15) is 12.0 Å². The molecule has 0 saturated heterocycles. The van der Waals surface area contributed by atoms with Gasteiger partial charge in [0.1, 0.15) is 6.33 Å². The molecule has 13 heavy (non-hydrogen) atoms. The van der Waals surface area contributed by atoms with E-state index in [4.69, 9.17) is 5.73 Å². The topological polar surface area (TPSA) is 68.9 Å². The molecule has 1 heterocycles. The lowest BCUT2D eigenvalue weighted by atomic mass is 10.2. The Hall–Kier alpha value is -1.89. The molecule has 0 radical (unpaired) electrons. The zero-order valence-electron chi connectivity index (χ0n) is 7.03. The van der Waals surface area contributed by atoms with Crippen molar-refractivity contribution in [1.82, 2.24) is 9.97 Å². The number of aromatic nitrogens is 2. The van der Waals surface area contributed by atoms with E-state index in [1.807, 2.05) is 0 Å². The smallest absolute Gasteiger partial charge is 0.293 e. The molecule has 0 aliphatic rings. The molecule has 1 amide bonds. The number of hydrogen-bond acceptors (Lipinski definition) is 3. The third kappa shape index (κ3) is 3.87. The predicted octanol–water partition coefficient (Wildman–Crippen LogP) is -0.102. The number of amides is 1. The fraction of sp³-hybridized carbons (Fsp3) is 0.222. The molecule has 0 bridgehead atoms. The van der Waals surface area contributed by atoms with Gasteiger partial charge in [0.05, 0.1) is 0 Å². The highest BCUT2D eigenvalue weighted by Crippen LogP contribution is 1.96. The van der Waals surface area contributed by atoms with E-state index in [2.05, 4.69) is 21.8 Å². The second-order valence-electron chi connectivity index (χ2n) is 2.41. The highest BCUT2D eigenvalue weighted by atomic mass is 16.1. The molecule has 0 unspecified atom stereocenters. The van der Waals surface area contributed by atoms with Crippen LogP contribution in [0, 0.1) is 11.8 Å². The van der Waals surface area contributed by atoms with Crippen LogP contribution in [0.2, 0.25) is 0 Å². The van der Waals surface area contributed by atoms with Gasteiger partial charge in [-0.2, -0.15) is 0 Å². The first kappa shape index (κ1) is 9.20. The first-order valence-corrected chi connectivity index (χ1v) is 3.81. The minimum Gasteiger partial charge on any atom is -0.359 e. The van der Waals surface area contributed by atoms with Gasteiger partial charge in [-0.05, 0) is 17.9 Å². The summed E-state index contributed by atoms with van der Waals surface area (Å²) in [6, 6.07) is 0. The summed E-state index contributed by atoms with van der Waals surface area (Å²) in [5.41, 5.74) is 5.84. The molecule has 0 spiro atoms. The van der Waals surface area contributed by atoms with E-state index in [0.29, 0.717) is 6.42 Å². The number of carbonyl (C=O) groups is 1. The van der Waals surface area contributed by atoms with Gasteiger partial charge in [-0.15, -0.1) is 0 Å². The van der Waals surface area contributed by atoms with Crippen molar-refractivity contribution in [2.45, 2.75) is 12.8 Å². The molecule has 0 saturated carbocycles. The maximum absolute atomic E-state index is 10.2. The molecular weight excluding hydrogens is 166 g/mol. The lowest BCUT2D eigenvalue weighted by molar-refractivity contribution is -0.112. The molecule has 0 fully saturated rings. The van der Waals surface area contributed by atoms with Crippen molar-refractivity contribution in [1.29, 1.82) is 0 Å². The Morgan fingerprint density at radius 1 is 1.46 bits per heavy atom. The summed E-state index contributed by atoms with van der Waals surface area (Å²) in [5, 5.41) is 0. The third-order valence-electron chi connectivity index (χ3n) is 1.36. The van der Waals surface area contributed by atoms with Gasteiger partial charge in [0.2, 0.25) is 0 Å². The Labute approximate surface area is 76.2 Å². The second-order valence-corrected chi connectivity index (χ2v) is 2.41. The number of nitrogens with two attached hydrogens (primary N) is 1. The molecule has 0 atom stereocenters. The van der Waals surface area contributed by atoms with Crippen molar-refractivity contribution in [2.75, 3.05) is 0 Å². The molecule has 4 heteroatoms. The van der Waals surface area contributed by atoms with Crippen LogP contribution >= 0.6 is 0 Å². The second kappa shape index (κ2) is 4.88. The Kier molecular flexibility index (Phi) is 3.45. The van der Waals surface area contributed by atoms with Crippen molar-refractivity contribution in [3.8, 4) is 11.8 Å². The molecular formula is C9H9N3O. The van der Waals surface area contributed by atoms with Gasteiger partial charge < -0.3 is 5.73 Å². The van der Waals surface area contributed by atoms with Gasteiger partial charge in [0.15, 0.2) is 0 Å². The standard InChI is InChI=1S/C9H9N3O/c10-9(13)4-2-1-3-8-5-11-7-12-6-8/h5-7H,1,3H2,(H2,10,13). The molecule has 2 N–H and O–H groups in total. The van der Waals surface area contributed by atoms with Crippen molar-refractivity contribution in [2.24, 2.45) is 5.73 Å². The lowest BCUT2D eigenvalue weighted by Gasteiger charge is -1.92. The number of nitrogens with zero attached hydrogens (tertiary/aromatic N) is 2. The minimum atomic E-state index is -0.593. The number of carbonyl (C=O) groups excluding carboxylic acids is 1. The van der Waals surface area contributed by atoms with Crippen molar-refractivity contribution >= 4 is 5.91 Å². The van der Waals surface area contributed by atoms with Crippen LogP contribution in [0.5, 0.6) is 0 Å². The molecule has 66 valence electrons. The monoisotopic (exact) mass is 175 g/mol. The van der Waals surface area contributed by atoms with Crippen LogP contribution in [-0.2, 0) is 11.2 Å². The average Bonchev–Trinajstić information content (AvgIpc) is 2.14. The quantitative estimate of drug-likeness (QED) is 0.638. The number of hydrogen-bond donors (Lipinski definition) is 1. The van der Waals surface area contributed by atoms with Crippen LogP contribution in [0.3, 0.4) is 0 Å². The molecule has 4 nitrogen and oxygen atoms in total. The van der Waals surface area contributed by atoms with E-state index in [9.17, 15) is 4.79 Å². The summed E-state index contributed by atoms with van der Waals surface area (Å²) in [4.78, 5) is 17.9. The van der Waals surface area contributed by atoms with Gasteiger partial charge in [0.25, 0.3) is 5.91 Å². The number of aryl methyl sites for hydroxylation is 1. The maximum atomic E-state index is 10.2. The van der Waals surface area contributed by atoms with E-state index < -0.39 is 5.91 Å². The summed E-state index contributed by atoms with van der Waals surface area (Å²) in [6.45, 7) is 0. The van der Waals surface area contributed by atoms with Gasteiger partial charge >= 0.3 is 0 Å². The van der Waals surface area contributed by atoms with Crippen LogP contribution in [0.15, 0.2) is 18.7 Å². The highest BCUT2D eigenvalue weighted by molar-refractivity contribution is 5.91. The highest BCUT2D eigenvalue weighted by Gasteiger charge is 1.89. The van der Waals surface area contributed by atoms with E-state index in [0.717, 1.165) is 12.0 Å². The predicted molar refractivity (Wildman–Crippen MR) is 47.3 cm³/mol. The summed E-state index contributed by atoms with van der Waals surface area (Å²) >= 11 is 0. The Balaban J connectivity index is 2.37. The van der Waals surface area contributed by atoms with Crippen LogP contribution in [0.4, 0.5) is 0 Å². The first-order valence-electron chi connectivity index (χ1n) is 3.81. The summed E-state index contributed by atoms with van der Waals surface area (Å²) in [5.74, 6) is 4.32. The first-order chi connectivity index (χ1) is 6.29. The summed E-state index contributed by atoms with van der Waals surface area (Å²) < 4.78 is 0. The lowest BCUT2D eigenvalue weighted by Crippen LogP contribution is -2.06. The summed E-state index contributed by atoms with van der Waals surface area (Å²) in [6.07, 6.45) is 6.24. The third-order valence-corrected chi connectivity index (χ3v) is 1.36. The SMILES string of the molecule is NC(=O)C#CCCc1cncnc1. The Morgan fingerprint density at radius 3 is 2.77 bits per heavy atom. The zero-order chi connectivity index (χ0) is 9.52. The van der Waals surface area contributed by atoms with E-state index >= 15 is 0 Å². The molecule has 1 aromatic rings. The number of rotatable bonds is 2. The minimum absolute atomic E-state index is 0.593. The molecule has 0 aliphatic carbocycles. The fourth-order valence-corrected chi connectivity index (χ4v) is 0.816. The number of primary amides is 1. The van der Waals surface area contributed by atoms with Crippen molar-refractivity contribution in [3.63, 3.8) is 0 Å². The van der Waals surface area contributed by atoms with Crippen LogP contribution in [0.25, 0.3) is 0 Å². The van der Waals surface area contributed by atoms with Crippen LogP contribution < -0.4 is 5.73 Å². The van der Waals surface area contributed by atoms with Gasteiger partial charge in [0, 0.05) is 18.8 Å². The molecule has 0 aliphatic heterocycles. The Morgan fingerprint density at radius 2 is 2.15 bits per heavy atom. The molecule has 1 aromatic heterocycles. The largest absolute Gasteiger partial charge is 0.359 e.